The number of aliphatic hydroxyl groups excluding tert-OH is 1. The number of hydrogen-bond donors (Lipinski definition) is 2. The number of carbonyl (C=O) groups excluding carboxylic acids is 1. The lowest BCUT2D eigenvalue weighted by Gasteiger charge is -2.44. The third-order valence-corrected chi connectivity index (χ3v) is 5.12. The molecule has 1 amide bonds. The van der Waals surface area contributed by atoms with Crippen LogP contribution in [0.3, 0.4) is 0 Å². The lowest BCUT2D eigenvalue weighted by molar-refractivity contribution is -0.274. The molecule has 5 atom stereocenters. The number of hydrogen-bond acceptors (Lipinski definition) is 6. The predicted molar refractivity (Wildman–Crippen MR) is 120 cm³/mol. The van der Waals surface area contributed by atoms with E-state index >= 15 is 0 Å². The van der Waals surface area contributed by atoms with Crippen molar-refractivity contribution in [1.82, 2.24) is 5.32 Å². The maximum atomic E-state index is 11.8. The van der Waals surface area contributed by atoms with Crippen LogP contribution in [0.1, 0.15) is 18.1 Å². The quantitative estimate of drug-likeness (QED) is 0.522. The second-order valence-electron chi connectivity index (χ2n) is 7.64. The Morgan fingerprint density at radius 1 is 1.03 bits per heavy atom. The number of aliphatic hydroxyl groups is 1. The molecule has 32 heavy (non-hydrogen) atoms. The Morgan fingerprint density at radius 2 is 1.66 bits per heavy atom. The fourth-order valence-corrected chi connectivity index (χ4v) is 3.66. The van der Waals surface area contributed by atoms with E-state index in [1.165, 1.54) is 6.92 Å². The Balaban J connectivity index is 1.75. The molecule has 0 radical (unpaired) electrons. The van der Waals surface area contributed by atoms with E-state index in [1.54, 1.807) is 6.08 Å². The van der Waals surface area contributed by atoms with Gasteiger partial charge in [-0.3, -0.25) is 4.79 Å². The normalized spacial score (nSPS) is 25.2. The first-order valence-corrected chi connectivity index (χ1v) is 10.7. The second kappa shape index (κ2) is 12.5. The molecule has 1 heterocycles. The predicted octanol–water partition coefficient (Wildman–Crippen LogP) is 2.58. The number of benzene rings is 2. The van der Waals surface area contributed by atoms with Crippen molar-refractivity contribution < 1.29 is 28.8 Å². The van der Waals surface area contributed by atoms with Gasteiger partial charge in [0.25, 0.3) is 0 Å². The van der Waals surface area contributed by atoms with Gasteiger partial charge in [0.1, 0.15) is 24.4 Å². The number of amides is 1. The topological polar surface area (TPSA) is 86.3 Å². The molecule has 0 saturated carbocycles. The molecule has 7 nitrogen and oxygen atoms in total. The molecule has 1 aliphatic heterocycles. The Kier molecular flexibility index (Phi) is 9.40. The van der Waals surface area contributed by atoms with Crippen molar-refractivity contribution in [1.29, 1.82) is 0 Å². The molecule has 1 aliphatic rings. The maximum absolute atomic E-state index is 11.8. The van der Waals surface area contributed by atoms with Gasteiger partial charge in [0.15, 0.2) is 6.29 Å². The van der Waals surface area contributed by atoms with Gasteiger partial charge in [0, 0.05) is 6.92 Å². The van der Waals surface area contributed by atoms with E-state index in [-0.39, 0.29) is 19.1 Å². The molecule has 0 aliphatic carbocycles. The summed E-state index contributed by atoms with van der Waals surface area (Å²) < 4.78 is 23.9. The first-order valence-electron chi connectivity index (χ1n) is 10.7. The summed E-state index contributed by atoms with van der Waals surface area (Å²) in [7, 11) is 0. The molecule has 0 unspecified atom stereocenters. The van der Waals surface area contributed by atoms with Crippen molar-refractivity contribution >= 4 is 5.91 Å². The van der Waals surface area contributed by atoms with Crippen molar-refractivity contribution in [3.05, 3.63) is 84.4 Å². The van der Waals surface area contributed by atoms with Gasteiger partial charge >= 0.3 is 0 Å². The summed E-state index contributed by atoms with van der Waals surface area (Å²) in [5.74, 6) is -0.301. The van der Waals surface area contributed by atoms with Gasteiger partial charge < -0.3 is 29.4 Å². The SMILES string of the molecule is C=CCO[C@@H]1[C@H](NC(C)=O)[C@@H](O)O[C@H](COCc2ccccc2)[C@H]1OCc1ccccc1. The molecule has 2 aromatic carbocycles. The van der Waals surface area contributed by atoms with Crippen LogP contribution in [0.4, 0.5) is 0 Å². The molecule has 3 rings (SSSR count). The smallest absolute Gasteiger partial charge is 0.217 e. The van der Waals surface area contributed by atoms with Crippen LogP contribution in [-0.2, 0) is 37.0 Å². The highest BCUT2D eigenvalue weighted by Gasteiger charge is 2.47. The zero-order valence-electron chi connectivity index (χ0n) is 18.3. The van der Waals surface area contributed by atoms with Gasteiger partial charge in [0.05, 0.1) is 26.4 Å². The zero-order chi connectivity index (χ0) is 22.8. The summed E-state index contributed by atoms with van der Waals surface area (Å²) in [5, 5.41) is 13.4. The molecule has 0 spiro atoms. The van der Waals surface area contributed by atoms with Crippen molar-refractivity contribution in [3.63, 3.8) is 0 Å². The monoisotopic (exact) mass is 441 g/mol. The summed E-state index contributed by atoms with van der Waals surface area (Å²) in [6, 6.07) is 18.7. The Hall–Kier alpha value is -2.55. The Bertz CT molecular complexity index is 831. The van der Waals surface area contributed by atoms with Crippen LogP contribution in [0, 0.1) is 0 Å². The van der Waals surface area contributed by atoms with E-state index in [1.807, 2.05) is 60.7 Å². The van der Waals surface area contributed by atoms with Crippen LogP contribution in [0.15, 0.2) is 73.3 Å². The average molecular weight is 442 g/mol. The zero-order valence-corrected chi connectivity index (χ0v) is 18.3. The molecule has 7 heteroatoms. The number of rotatable bonds is 11. The van der Waals surface area contributed by atoms with E-state index in [2.05, 4.69) is 11.9 Å². The summed E-state index contributed by atoms with van der Waals surface area (Å²) in [5.41, 5.74) is 2.02. The van der Waals surface area contributed by atoms with Gasteiger partial charge in [-0.1, -0.05) is 66.7 Å². The highest BCUT2D eigenvalue weighted by atomic mass is 16.7. The standard InChI is InChI=1S/C25H31NO6/c1-3-14-30-24-22(26-18(2)27)25(28)32-21(17-29-15-19-10-6-4-7-11-19)23(24)31-16-20-12-8-5-9-13-20/h3-13,21-25,28H,1,14-17H2,2H3,(H,26,27)/t21-,22+,23-,24-,25+/m1/s1. The van der Waals surface area contributed by atoms with Crippen LogP contribution in [0.25, 0.3) is 0 Å². The van der Waals surface area contributed by atoms with Crippen LogP contribution >= 0.6 is 0 Å². The fourth-order valence-electron chi connectivity index (χ4n) is 3.66. The number of nitrogens with one attached hydrogen (secondary N) is 1. The second-order valence-corrected chi connectivity index (χ2v) is 7.64. The fraction of sp³-hybridized carbons (Fsp3) is 0.400. The third kappa shape index (κ3) is 6.98. The average Bonchev–Trinajstić information content (AvgIpc) is 2.80. The van der Waals surface area contributed by atoms with E-state index in [4.69, 9.17) is 18.9 Å². The first-order chi connectivity index (χ1) is 15.6. The number of ether oxygens (including phenoxy) is 4. The lowest BCUT2D eigenvalue weighted by Crippen LogP contribution is -2.65. The van der Waals surface area contributed by atoms with E-state index in [0.717, 1.165) is 11.1 Å². The molecular weight excluding hydrogens is 410 g/mol. The third-order valence-electron chi connectivity index (χ3n) is 5.12. The molecule has 1 saturated heterocycles. The number of carbonyl (C=O) groups is 1. The Labute approximate surface area is 188 Å². The van der Waals surface area contributed by atoms with Crippen molar-refractivity contribution in [2.45, 2.75) is 50.8 Å². The van der Waals surface area contributed by atoms with E-state index in [0.29, 0.717) is 13.2 Å². The van der Waals surface area contributed by atoms with Gasteiger partial charge in [-0.25, -0.2) is 0 Å². The minimum atomic E-state index is -1.27. The molecule has 172 valence electrons. The highest BCUT2D eigenvalue weighted by Crippen LogP contribution is 2.27. The first kappa shape index (κ1) is 24.1. The molecule has 2 aromatic rings. The minimum absolute atomic E-state index is 0.187. The van der Waals surface area contributed by atoms with E-state index in [9.17, 15) is 9.90 Å². The summed E-state index contributed by atoms with van der Waals surface area (Å²) in [6.45, 7) is 6.22. The van der Waals surface area contributed by atoms with Crippen LogP contribution in [-0.4, -0.2) is 54.9 Å². The summed E-state index contributed by atoms with van der Waals surface area (Å²) in [6.07, 6.45) is -1.50. The van der Waals surface area contributed by atoms with Crippen LogP contribution < -0.4 is 5.32 Å². The van der Waals surface area contributed by atoms with Gasteiger partial charge in [-0.05, 0) is 11.1 Å². The molecule has 0 aromatic heterocycles. The Morgan fingerprint density at radius 3 is 2.25 bits per heavy atom. The van der Waals surface area contributed by atoms with Crippen LogP contribution in [0.2, 0.25) is 0 Å². The van der Waals surface area contributed by atoms with Crippen LogP contribution in [0.5, 0.6) is 0 Å². The molecule has 2 N–H and O–H groups in total. The van der Waals surface area contributed by atoms with Crippen molar-refractivity contribution in [2.75, 3.05) is 13.2 Å². The van der Waals surface area contributed by atoms with Gasteiger partial charge in [-0.15, -0.1) is 6.58 Å². The molecular formula is C25H31NO6. The highest BCUT2D eigenvalue weighted by molar-refractivity contribution is 5.73. The van der Waals surface area contributed by atoms with E-state index < -0.39 is 30.6 Å². The lowest BCUT2D eigenvalue weighted by atomic mass is 9.96. The molecule has 1 fully saturated rings. The minimum Gasteiger partial charge on any atom is -0.374 e. The maximum Gasteiger partial charge on any atom is 0.217 e. The van der Waals surface area contributed by atoms with Crippen molar-refractivity contribution in [2.24, 2.45) is 0 Å². The molecule has 0 bridgehead atoms. The largest absolute Gasteiger partial charge is 0.374 e. The van der Waals surface area contributed by atoms with Crippen molar-refractivity contribution in [3.8, 4) is 0 Å². The summed E-state index contributed by atoms with van der Waals surface area (Å²) >= 11 is 0. The van der Waals surface area contributed by atoms with Gasteiger partial charge in [-0.2, -0.15) is 0 Å². The summed E-state index contributed by atoms with van der Waals surface area (Å²) in [4.78, 5) is 11.8. The van der Waals surface area contributed by atoms with Gasteiger partial charge in [0.2, 0.25) is 5.91 Å².